The Morgan fingerprint density at radius 3 is 1.94 bits per heavy atom. The van der Waals surface area contributed by atoms with Crippen molar-refractivity contribution in [1.29, 1.82) is 0 Å². The molecule has 0 unspecified atom stereocenters. The first-order valence-corrected chi connectivity index (χ1v) is 12.7. The van der Waals surface area contributed by atoms with E-state index < -0.39 is 0 Å². The molecule has 9 nitrogen and oxygen atoms in total. The number of hydrazone groups is 1. The molecule has 0 saturated carbocycles. The van der Waals surface area contributed by atoms with Crippen molar-refractivity contribution in [2.24, 2.45) is 5.10 Å². The van der Waals surface area contributed by atoms with E-state index in [1.54, 1.807) is 42.6 Å². The highest BCUT2D eigenvalue weighted by Crippen LogP contribution is 2.22. The van der Waals surface area contributed by atoms with Crippen LogP contribution < -0.4 is 20.0 Å². The van der Waals surface area contributed by atoms with Crippen LogP contribution in [0, 0.1) is 0 Å². The standard InChI is InChI=1S/C27H31N7O2/c35-24(22-10-4-1-5-11-22)36-23-14-12-21(13-15-23)20-28-32-25-29-26(33-16-6-2-7-17-33)31-27(30-25)34-18-8-3-9-19-34/h1,4-5,10-15,20H,2-3,6-9,16-19H2,(H,29,30,31,32). The molecule has 0 aliphatic carbocycles. The molecule has 0 radical (unpaired) electrons. The van der Waals surface area contributed by atoms with Gasteiger partial charge in [-0.2, -0.15) is 20.1 Å². The average Bonchev–Trinajstić information content (AvgIpc) is 2.95. The molecular formula is C27H31N7O2. The molecule has 3 aromatic rings. The number of hydrogen-bond donors (Lipinski definition) is 1. The molecule has 36 heavy (non-hydrogen) atoms. The van der Waals surface area contributed by atoms with Gasteiger partial charge in [-0.15, -0.1) is 0 Å². The van der Waals surface area contributed by atoms with E-state index in [9.17, 15) is 4.79 Å². The summed E-state index contributed by atoms with van der Waals surface area (Å²) in [4.78, 5) is 30.8. The van der Waals surface area contributed by atoms with E-state index >= 15 is 0 Å². The average molecular weight is 486 g/mol. The first kappa shape index (κ1) is 23.7. The summed E-state index contributed by atoms with van der Waals surface area (Å²) >= 11 is 0. The van der Waals surface area contributed by atoms with Gasteiger partial charge in [-0.25, -0.2) is 10.2 Å². The molecule has 2 aliphatic heterocycles. The number of carbonyl (C=O) groups is 1. The van der Waals surface area contributed by atoms with Gasteiger partial charge in [-0.05, 0) is 80.5 Å². The van der Waals surface area contributed by atoms with Gasteiger partial charge in [0.05, 0.1) is 11.8 Å². The minimum Gasteiger partial charge on any atom is -0.423 e. The molecule has 0 atom stereocenters. The van der Waals surface area contributed by atoms with E-state index in [4.69, 9.17) is 9.72 Å². The molecule has 1 aromatic heterocycles. The lowest BCUT2D eigenvalue weighted by molar-refractivity contribution is 0.0734. The molecule has 0 spiro atoms. The van der Waals surface area contributed by atoms with Crippen molar-refractivity contribution in [2.45, 2.75) is 38.5 Å². The zero-order valence-electron chi connectivity index (χ0n) is 20.3. The Morgan fingerprint density at radius 2 is 1.36 bits per heavy atom. The number of hydrogen-bond acceptors (Lipinski definition) is 9. The highest BCUT2D eigenvalue weighted by molar-refractivity contribution is 5.91. The highest BCUT2D eigenvalue weighted by atomic mass is 16.5. The number of piperidine rings is 2. The molecule has 9 heteroatoms. The number of nitrogens with zero attached hydrogens (tertiary/aromatic N) is 6. The van der Waals surface area contributed by atoms with Crippen LogP contribution in [0.25, 0.3) is 0 Å². The van der Waals surface area contributed by atoms with Crippen LogP contribution in [0.5, 0.6) is 5.75 Å². The summed E-state index contributed by atoms with van der Waals surface area (Å²) in [5.74, 6) is 1.96. The SMILES string of the molecule is O=C(Oc1ccc(C=NNc2nc(N3CCCCC3)nc(N3CCCCC3)n2)cc1)c1ccccc1. The minimum atomic E-state index is -0.387. The topological polar surface area (TPSA) is 95.8 Å². The summed E-state index contributed by atoms with van der Waals surface area (Å²) < 4.78 is 5.44. The van der Waals surface area contributed by atoms with E-state index in [0.717, 1.165) is 57.4 Å². The van der Waals surface area contributed by atoms with Crippen molar-refractivity contribution in [3.05, 3.63) is 65.7 Å². The Balaban J connectivity index is 1.25. The predicted molar refractivity (Wildman–Crippen MR) is 141 cm³/mol. The van der Waals surface area contributed by atoms with Gasteiger partial charge in [0.15, 0.2) is 0 Å². The lowest BCUT2D eigenvalue weighted by Gasteiger charge is -2.30. The van der Waals surface area contributed by atoms with Crippen LogP contribution in [0.15, 0.2) is 59.7 Å². The molecule has 2 saturated heterocycles. The van der Waals surface area contributed by atoms with Gasteiger partial charge in [0.2, 0.25) is 17.8 Å². The molecule has 2 aliphatic rings. The normalized spacial score (nSPS) is 16.2. The summed E-state index contributed by atoms with van der Waals surface area (Å²) in [6.07, 6.45) is 8.81. The molecule has 0 amide bonds. The maximum Gasteiger partial charge on any atom is 0.343 e. The molecule has 0 bridgehead atoms. The monoisotopic (exact) mass is 485 g/mol. The van der Waals surface area contributed by atoms with Gasteiger partial charge in [-0.1, -0.05) is 18.2 Å². The van der Waals surface area contributed by atoms with Crippen LogP contribution in [0.4, 0.5) is 17.8 Å². The number of carbonyl (C=O) groups excluding carboxylic acids is 1. The highest BCUT2D eigenvalue weighted by Gasteiger charge is 2.20. The van der Waals surface area contributed by atoms with E-state index in [1.165, 1.54) is 12.8 Å². The second kappa shape index (κ2) is 11.6. The third kappa shape index (κ3) is 6.16. The second-order valence-electron chi connectivity index (χ2n) is 9.05. The van der Waals surface area contributed by atoms with Crippen molar-refractivity contribution < 1.29 is 9.53 Å². The quantitative estimate of drug-likeness (QED) is 0.226. The number of ether oxygens (including phenoxy) is 1. The van der Waals surface area contributed by atoms with E-state index in [0.29, 0.717) is 29.2 Å². The first-order chi connectivity index (χ1) is 17.7. The maximum atomic E-state index is 12.2. The fourth-order valence-electron chi connectivity index (χ4n) is 4.40. The van der Waals surface area contributed by atoms with Crippen LogP contribution >= 0.6 is 0 Å². The number of anilines is 3. The smallest absolute Gasteiger partial charge is 0.343 e. The Bertz CT molecular complexity index is 1140. The minimum absolute atomic E-state index is 0.387. The van der Waals surface area contributed by atoms with Crippen molar-refractivity contribution >= 4 is 30.0 Å². The Labute approximate surface area is 211 Å². The van der Waals surface area contributed by atoms with Crippen molar-refractivity contribution in [3.8, 4) is 5.75 Å². The van der Waals surface area contributed by atoms with Crippen molar-refractivity contribution in [2.75, 3.05) is 41.4 Å². The zero-order chi connectivity index (χ0) is 24.6. The van der Waals surface area contributed by atoms with Crippen molar-refractivity contribution in [3.63, 3.8) is 0 Å². The number of benzene rings is 2. The number of nitrogens with one attached hydrogen (secondary N) is 1. The maximum absolute atomic E-state index is 12.2. The fraction of sp³-hybridized carbons (Fsp3) is 0.370. The van der Waals surface area contributed by atoms with Gasteiger partial charge in [0, 0.05) is 26.2 Å². The second-order valence-corrected chi connectivity index (χ2v) is 9.05. The van der Waals surface area contributed by atoms with Gasteiger partial charge in [0.25, 0.3) is 0 Å². The van der Waals surface area contributed by atoms with Crippen LogP contribution in [-0.4, -0.2) is 53.3 Å². The largest absolute Gasteiger partial charge is 0.423 e. The molecule has 1 N–H and O–H groups in total. The van der Waals surface area contributed by atoms with E-state index in [-0.39, 0.29) is 5.97 Å². The lowest BCUT2D eigenvalue weighted by Crippen LogP contribution is -2.34. The first-order valence-electron chi connectivity index (χ1n) is 12.7. The summed E-state index contributed by atoms with van der Waals surface area (Å²) in [6.45, 7) is 3.86. The van der Waals surface area contributed by atoms with Gasteiger partial charge >= 0.3 is 5.97 Å². The Kier molecular flexibility index (Phi) is 7.65. The molecular weight excluding hydrogens is 454 g/mol. The summed E-state index contributed by atoms with van der Waals surface area (Å²) in [5, 5.41) is 4.35. The molecule has 2 aromatic carbocycles. The van der Waals surface area contributed by atoms with Gasteiger partial charge in [0.1, 0.15) is 5.75 Å². The fourth-order valence-corrected chi connectivity index (χ4v) is 4.40. The van der Waals surface area contributed by atoms with Gasteiger partial charge < -0.3 is 14.5 Å². The molecule has 186 valence electrons. The molecule has 3 heterocycles. The summed E-state index contributed by atoms with van der Waals surface area (Å²) in [6, 6.07) is 16.1. The van der Waals surface area contributed by atoms with Crippen molar-refractivity contribution in [1.82, 2.24) is 15.0 Å². The Morgan fingerprint density at radius 1 is 0.778 bits per heavy atom. The van der Waals surface area contributed by atoms with Crippen LogP contribution in [0.1, 0.15) is 54.4 Å². The summed E-state index contributed by atoms with van der Waals surface area (Å²) in [7, 11) is 0. The third-order valence-corrected chi connectivity index (χ3v) is 6.37. The van der Waals surface area contributed by atoms with E-state index in [2.05, 4.69) is 30.3 Å². The van der Waals surface area contributed by atoms with Crippen LogP contribution in [-0.2, 0) is 0 Å². The Hall–Kier alpha value is -4.01. The van der Waals surface area contributed by atoms with E-state index in [1.807, 2.05) is 18.2 Å². The zero-order valence-corrected chi connectivity index (χ0v) is 20.3. The number of esters is 1. The van der Waals surface area contributed by atoms with Crippen LogP contribution in [0.2, 0.25) is 0 Å². The predicted octanol–water partition coefficient (Wildman–Crippen LogP) is 4.52. The number of rotatable bonds is 7. The van der Waals surface area contributed by atoms with Gasteiger partial charge in [-0.3, -0.25) is 0 Å². The third-order valence-electron chi connectivity index (χ3n) is 6.37. The molecule has 2 fully saturated rings. The molecule has 5 rings (SSSR count). The summed E-state index contributed by atoms with van der Waals surface area (Å²) in [5.41, 5.74) is 4.35. The lowest BCUT2D eigenvalue weighted by atomic mass is 10.1. The van der Waals surface area contributed by atoms with Crippen LogP contribution in [0.3, 0.4) is 0 Å². The number of aromatic nitrogens is 3.